The van der Waals surface area contributed by atoms with Gasteiger partial charge in [-0.1, -0.05) is 24.6 Å². The maximum Gasteiger partial charge on any atom is 0.278 e. The van der Waals surface area contributed by atoms with Crippen molar-refractivity contribution in [2.24, 2.45) is 5.73 Å². The van der Waals surface area contributed by atoms with Crippen LogP contribution in [0.3, 0.4) is 0 Å². The van der Waals surface area contributed by atoms with Crippen LogP contribution in [-0.4, -0.2) is 25.5 Å². The molecule has 1 aliphatic carbocycles. The number of halogens is 2. The zero-order chi connectivity index (χ0) is 20.2. The van der Waals surface area contributed by atoms with Crippen LogP contribution in [0.2, 0.25) is 5.02 Å². The minimum atomic E-state index is -1.16. The van der Waals surface area contributed by atoms with Gasteiger partial charge in [0.05, 0.1) is 28.8 Å². The molecule has 4 rings (SSSR count). The van der Waals surface area contributed by atoms with Crippen molar-refractivity contribution in [1.82, 2.24) is 19.6 Å². The summed E-state index contributed by atoms with van der Waals surface area (Å²) in [7, 11) is 0. The Kier molecular flexibility index (Phi) is 4.45. The zero-order valence-electron chi connectivity index (χ0n) is 15.4. The Bertz CT molecular complexity index is 1150. The molecular formula is C19H19ClFN5O2. The van der Waals surface area contributed by atoms with E-state index in [1.165, 1.54) is 18.3 Å². The number of fused-ring (bicyclic) bond motifs is 1. The standard InChI is InChI=1S/C19H19ClFN5O2/c1-9(13-6-3-11(20)7-14(13)21)17(18(22)27)26-19(28)16-10(2)24-25(12-4-5-12)15(16)8-23-26/h3,6-9,12,17H,4-5H2,1-2H3,(H2,22,27). The molecule has 2 atom stereocenters. The lowest BCUT2D eigenvalue weighted by atomic mass is 9.92. The second-order valence-corrected chi connectivity index (χ2v) is 7.65. The summed E-state index contributed by atoms with van der Waals surface area (Å²) in [5.74, 6) is -2.07. The van der Waals surface area contributed by atoms with Gasteiger partial charge in [-0.25, -0.2) is 9.07 Å². The fraction of sp³-hybridized carbons (Fsp3) is 0.368. The number of rotatable bonds is 5. The molecule has 146 valence electrons. The number of hydrogen-bond acceptors (Lipinski definition) is 4. The van der Waals surface area contributed by atoms with E-state index in [0.717, 1.165) is 23.6 Å². The molecule has 1 saturated carbocycles. The maximum atomic E-state index is 14.4. The summed E-state index contributed by atoms with van der Waals surface area (Å²) in [5, 5.41) is 9.30. The van der Waals surface area contributed by atoms with Gasteiger partial charge < -0.3 is 5.73 Å². The molecule has 1 aliphatic rings. The molecule has 2 heterocycles. The number of carbonyl (C=O) groups is 1. The lowest BCUT2D eigenvalue weighted by molar-refractivity contribution is -0.122. The summed E-state index contributed by atoms with van der Waals surface area (Å²) in [6.45, 7) is 3.37. The van der Waals surface area contributed by atoms with Crippen LogP contribution < -0.4 is 11.3 Å². The molecule has 28 heavy (non-hydrogen) atoms. The first-order valence-corrected chi connectivity index (χ1v) is 9.38. The van der Waals surface area contributed by atoms with E-state index in [9.17, 15) is 14.0 Å². The van der Waals surface area contributed by atoms with E-state index < -0.39 is 29.2 Å². The third-order valence-corrected chi connectivity index (χ3v) is 5.46. The molecule has 1 amide bonds. The van der Waals surface area contributed by atoms with Crippen LogP contribution in [0.25, 0.3) is 10.9 Å². The number of amides is 1. The van der Waals surface area contributed by atoms with Gasteiger partial charge in [-0.05, 0) is 37.5 Å². The molecule has 0 aliphatic heterocycles. The molecule has 0 saturated heterocycles. The normalized spacial score (nSPS) is 16.3. The minimum absolute atomic E-state index is 0.229. The van der Waals surface area contributed by atoms with Gasteiger partial charge in [0.2, 0.25) is 5.91 Å². The molecule has 1 fully saturated rings. The molecule has 3 aromatic rings. The number of nitrogens with two attached hydrogens (primary N) is 1. The van der Waals surface area contributed by atoms with Crippen molar-refractivity contribution in [2.45, 2.75) is 44.7 Å². The van der Waals surface area contributed by atoms with Crippen molar-refractivity contribution >= 4 is 28.4 Å². The first-order valence-electron chi connectivity index (χ1n) is 9.00. The van der Waals surface area contributed by atoms with E-state index in [2.05, 4.69) is 10.2 Å². The highest BCUT2D eigenvalue weighted by Crippen LogP contribution is 2.37. The fourth-order valence-corrected chi connectivity index (χ4v) is 3.81. The van der Waals surface area contributed by atoms with Gasteiger partial charge >= 0.3 is 0 Å². The van der Waals surface area contributed by atoms with Gasteiger partial charge in [0.15, 0.2) is 0 Å². The van der Waals surface area contributed by atoms with Crippen molar-refractivity contribution < 1.29 is 9.18 Å². The van der Waals surface area contributed by atoms with Crippen LogP contribution >= 0.6 is 11.6 Å². The molecule has 7 nitrogen and oxygen atoms in total. The van der Waals surface area contributed by atoms with E-state index in [0.29, 0.717) is 16.6 Å². The van der Waals surface area contributed by atoms with E-state index in [-0.39, 0.29) is 16.6 Å². The second kappa shape index (κ2) is 6.70. The Balaban J connectivity index is 1.85. The van der Waals surface area contributed by atoms with Gasteiger partial charge in [-0.2, -0.15) is 10.2 Å². The van der Waals surface area contributed by atoms with E-state index in [4.69, 9.17) is 17.3 Å². The number of nitrogens with zero attached hydrogens (tertiary/aromatic N) is 4. The maximum absolute atomic E-state index is 14.4. The number of carbonyl (C=O) groups excluding carboxylic acids is 1. The summed E-state index contributed by atoms with van der Waals surface area (Å²) in [4.78, 5) is 25.4. The van der Waals surface area contributed by atoms with Crippen molar-refractivity contribution in [3.8, 4) is 0 Å². The lowest BCUT2D eigenvalue weighted by Crippen LogP contribution is -2.38. The van der Waals surface area contributed by atoms with Gasteiger partial charge in [-0.3, -0.25) is 14.3 Å². The molecular weight excluding hydrogens is 385 g/mol. The third kappa shape index (κ3) is 2.97. The predicted molar refractivity (Wildman–Crippen MR) is 103 cm³/mol. The van der Waals surface area contributed by atoms with Crippen molar-refractivity contribution in [3.05, 3.63) is 56.8 Å². The number of aromatic nitrogens is 4. The number of primary amides is 1. The number of aryl methyl sites for hydroxylation is 1. The molecule has 2 aromatic heterocycles. The Hall–Kier alpha value is -2.74. The predicted octanol–water partition coefficient (Wildman–Crippen LogP) is 2.86. The quantitative estimate of drug-likeness (QED) is 0.708. The average Bonchev–Trinajstić information content (AvgIpc) is 3.40. The Morgan fingerprint density at radius 2 is 2.11 bits per heavy atom. The van der Waals surface area contributed by atoms with Crippen LogP contribution in [0.4, 0.5) is 4.39 Å². The zero-order valence-corrected chi connectivity index (χ0v) is 16.2. The van der Waals surface area contributed by atoms with Crippen LogP contribution in [-0.2, 0) is 4.79 Å². The van der Waals surface area contributed by atoms with Gasteiger partial charge in [0.1, 0.15) is 11.9 Å². The molecule has 9 heteroatoms. The van der Waals surface area contributed by atoms with Gasteiger partial charge in [0.25, 0.3) is 5.56 Å². The van der Waals surface area contributed by atoms with E-state index in [1.807, 2.05) is 4.68 Å². The lowest BCUT2D eigenvalue weighted by Gasteiger charge is -2.23. The summed E-state index contributed by atoms with van der Waals surface area (Å²) < 4.78 is 17.2. The van der Waals surface area contributed by atoms with Crippen molar-refractivity contribution in [1.29, 1.82) is 0 Å². The summed E-state index contributed by atoms with van der Waals surface area (Å²) >= 11 is 5.81. The number of benzene rings is 1. The largest absolute Gasteiger partial charge is 0.368 e. The molecule has 0 bridgehead atoms. The van der Waals surface area contributed by atoms with E-state index in [1.54, 1.807) is 13.8 Å². The van der Waals surface area contributed by atoms with Crippen LogP contribution in [0, 0.1) is 12.7 Å². The third-order valence-electron chi connectivity index (χ3n) is 5.22. The Morgan fingerprint density at radius 3 is 2.71 bits per heavy atom. The Morgan fingerprint density at radius 1 is 1.39 bits per heavy atom. The molecule has 0 radical (unpaired) electrons. The van der Waals surface area contributed by atoms with Crippen LogP contribution in [0.1, 0.15) is 49.0 Å². The van der Waals surface area contributed by atoms with Crippen molar-refractivity contribution in [3.63, 3.8) is 0 Å². The van der Waals surface area contributed by atoms with E-state index >= 15 is 0 Å². The molecule has 2 N–H and O–H groups in total. The number of hydrogen-bond donors (Lipinski definition) is 1. The molecule has 0 spiro atoms. The highest BCUT2D eigenvalue weighted by Gasteiger charge is 2.32. The summed E-state index contributed by atoms with van der Waals surface area (Å²) in [6, 6.07) is 3.29. The van der Waals surface area contributed by atoms with Gasteiger partial charge in [-0.15, -0.1) is 0 Å². The first-order chi connectivity index (χ1) is 13.3. The van der Waals surface area contributed by atoms with Crippen molar-refractivity contribution in [2.75, 3.05) is 0 Å². The van der Waals surface area contributed by atoms with Crippen LogP contribution in [0.15, 0.2) is 29.2 Å². The highest BCUT2D eigenvalue weighted by molar-refractivity contribution is 6.30. The molecule has 1 aromatic carbocycles. The van der Waals surface area contributed by atoms with Crippen LogP contribution in [0.5, 0.6) is 0 Å². The Labute approximate surface area is 164 Å². The second-order valence-electron chi connectivity index (χ2n) is 7.22. The fourth-order valence-electron chi connectivity index (χ4n) is 3.65. The summed E-state index contributed by atoms with van der Waals surface area (Å²) in [6.07, 6.45) is 3.54. The smallest absolute Gasteiger partial charge is 0.278 e. The SMILES string of the molecule is Cc1nn(C2CC2)c2cnn(C(C(N)=O)C(C)c3ccc(Cl)cc3F)c(=O)c12. The summed E-state index contributed by atoms with van der Waals surface area (Å²) in [5.41, 5.74) is 6.56. The topological polar surface area (TPSA) is 95.8 Å². The average molecular weight is 404 g/mol. The molecule has 2 unspecified atom stereocenters. The van der Waals surface area contributed by atoms with Gasteiger partial charge in [0, 0.05) is 10.9 Å². The minimum Gasteiger partial charge on any atom is -0.368 e. The monoisotopic (exact) mass is 403 g/mol. The highest BCUT2D eigenvalue weighted by atomic mass is 35.5. The first kappa shape index (κ1) is 18.6.